The molecule has 144 valence electrons. The number of carbonyl (C=O) groups is 1. The Hall–Kier alpha value is -3.72. The van der Waals surface area contributed by atoms with E-state index in [0.717, 1.165) is 35.6 Å². The van der Waals surface area contributed by atoms with Crippen LogP contribution in [0.3, 0.4) is 0 Å². The molecule has 6 heteroatoms. The second kappa shape index (κ2) is 8.11. The standard InChI is InChI=1S/C23H21N5O/c24-15-19-14-18(7-8-21(19)28-11-1-2-12-28)20-9-10-26-22(27-20)13-16-3-5-17(6-4-16)23(25)29/h3-10,14H,1-2,11-13H2,(H2,25,29). The van der Waals surface area contributed by atoms with E-state index in [1.807, 2.05) is 36.4 Å². The number of carbonyl (C=O) groups excluding carboxylic acids is 1. The van der Waals surface area contributed by atoms with Gasteiger partial charge in [-0.1, -0.05) is 18.2 Å². The number of primary amides is 1. The zero-order valence-electron chi connectivity index (χ0n) is 16.0. The molecule has 0 unspecified atom stereocenters. The summed E-state index contributed by atoms with van der Waals surface area (Å²) < 4.78 is 0. The molecule has 2 aromatic carbocycles. The summed E-state index contributed by atoms with van der Waals surface area (Å²) in [7, 11) is 0. The summed E-state index contributed by atoms with van der Waals surface area (Å²) in [5.74, 6) is 0.233. The van der Waals surface area contributed by atoms with E-state index < -0.39 is 5.91 Å². The number of nitrogens with two attached hydrogens (primary N) is 1. The molecule has 1 fully saturated rings. The second-order valence-electron chi connectivity index (χ2n) is 7.13. The molecule has 4 rings (SSSR count). The minimum Gasteiger partial charge on any atom is -0.370 e. The first kappa shape index (κ1) is 18.6. The van der Waals surface area contributed by atoms with Crippen molar-refractivity contribution in [2.75, 3.05) is 18.0 Å². The highest BCUT2D eigenvalue weighted by Crippen LogP contribution is 2.28. The van der Waals surface area contributed by atoms with Gasteiger partial charge in [0.25, 0.3) is 0 Å². The number of hydrogen-bond acceptors (Lipinski definition) is 5. The van der Waals surface area contributed by atoms with E-state index in [0.29, 0.717) is 23.4 Å². The van der Waals surface area contributed by atoms with Crippen LogP contribution in [0.15, 0.2) is 54.7 Å². The summed E-state index contributed by atoms with van der Waals surface area (Å²) >= 11 is 0. The fourth-order valence-electron chi connectivity index (χ4n) is 3.63. The molecule has 0 radical (unpaired) electrons. The summed E-state index contributed by atoms with van der Waals surface area (Å²) in [5.41, 5.74) is 10.1. The lowest BCUT2D eigenvalue weighted by atomic mass is 10.1. The third kappa shape index (κ3) is 4.09. The Labute approximate surface area is 169 Å². The van der Waals surface area contributed by atoms with Crippen molar-refractivity contribution in [2.45, 2.75) is 19.3 Å². The fourth-order valence-corrected chi connectivity index (χ4v) is 3.63. The molecule has 6 nitrogen and oxygen atoms in total. The number of nitrogens with zero attached hydrogens (tertiary/aromatic N) is 4. The molecule has 2 heterocycles. The Kier molecular flexibility index (Phi) is 5.21. The number of aromatic nitrogens is 2. The van der Waals surface area contributed by atoms with Gasteiger partial charge in [0, 0.05) is 36.8 Å². The average molecular weight is 383 g/mol. The normalized spacial score (nSPS) is 13.3. The van der Waals surface area contributed by atoms with Crippen molar-refractivity contribution < 1.29 is 4.79 Å². The lowest BCUT2D eigenvalue weighted by molar-refractivity contribution is 0.100. The van der Waals surface area contributed by atoms with Crippen molar-refractivity contribution in [1.29, 1.82) is 5.26 Å². The molecule has 0 spiro atoms. The quantitative estimate of drug-likeness (QED) is 0.729. The van der Waals surface area contributed by atoms with E-state index in [-0.39, 0.29) is 0 Å². The molecule has 0 aliphatic carbocycles. The van der Waals surface area contributed by atoms with Crippen molar-refractivity contribution in [3.8, 4) is 17.3 Å². The van der Waals surface area contributed by atoms with Crippen LogP contribution in [0.4, 0.5) is 5.69 Å². The van der Waals surface area contributed by atoms with Gasteiger partial charge in [-0.25, -0.2) is 9.97 Å². The van der Waals surface area contributed by atoms with Crippen LogP contribution in [-0.2, 0) is 6.42 Å². The maximum Gasteiger partial charge on any atom is 0.248 e. The molecule has 1 aliphatic heterocycles. The number of rotatable bonds is 5. The molecule has 0 bridgehead atoms. The molecule has 1 saturated heterocycles. The van der Waals surface area contributed by atoms with Gasteiger partial charge < -0.3 is 10.6 Å². The first-order valence-corrected chi connectivity index (χ1v) is 9.64. The van der Waals surface area contributed by atoms with Gasteiger partial charge in [-0.15, -0.1) is 0 Å². The molecule has 1 aromatic heterocycles. The number of hydrogen-bond donors (Lipinski definition) is 1. The molecule has 0 saturated carbocycles. The van der Waals surface area contributed by atoms with Gasteiger partial charge in [0.15, 0.2) is 0 Å². The first-order chi connectivity index (χ1) is 14.1. The predicted molar refractivity (Wildman–Crippen MR) is 111 cm³/mol. The molecule has 3 aromatic rings. The van der Waals surface area contributed by atoms with Gasteiger partial charge in [0.2, 0.25) is 5.91 Å². The molecule has 0 atom stereocenters. The summed E-state index contributed by atoms with van der Waals surface area (Å²) in [6.45, 7) is 2.00. The highest BCUT2D eigenvalue weighted by Gasteiger charge is 2.16. The van der Waals surface area contributed by atoms with E-state index in [4.69, 9.17) is 5.73 Å². The van der Waals surface area contributed by atoms with E-state index in [9.17, 15) is 10.1 Å². The highest BCUT2D eigenvalue weighted by atomic mass is 16.1. The van der Waals surface area contributed by atoms with Crippen LogP contribution >= 0.6 is 0 Å². The van der Waals surface area contributed by atoms with Crippen LogP contribution in [0, 0.1) is 11.3 Å². The van der Waals surface area contributed by atoms with Crippen molar-refractivity contribution in [1.82, 2.24) is 9.97 Å². The van der Waals surface area contributed by atoms with Crippen molar-refractivity contribution >= 4 is 11.6 Å². The van der Waals surface area contributed by atoms with Crippen LogP contribution in [0.2, 0.25) is 0 Å². The van der Waals surface area contributed by atoms with Gasteiger partial charge in [-0.05, 0) is 48.7 Å². The second-order valence-corrected chi connectivity index (χ2v) is 7.13. The summed E-state index contributed by atoms with van der Waals surface area (Å²) in [4.78, 5) is 22.5. The summed E-state index contributed by atoms with van der Waals surface area (Å²) in [6, 6.07) is 17.2. The SMILES string of the molecule is N#Cc1cc(-c2ccnc(Cc3ccc(C(N)=O)cc3)n2)ccc1N1CCCC1. The molecular weight excluding hydrogens is 362 g/mol. The lowest BCUT2D eigenvalue weighted by Crippen LogP contribution is -2.18. The van der Waals surface area contributed by atoms with Crippen LogP contribution in [0.1, 0.15) is 40.2 Å². The van der Waals surface area contributed by atoms with Crippen LogP contribution in [-0.4, -0.2) is 29.0 Å². The Morgan fingerprint density at radius 3 is 2.55 bits per heavy atom. The Morgan fingerprint density at radius 1 is 1.10 bits per heavy atom. The zero-order valence-corrected chi connectivity index (χ0v) is 16.0. The summed E-state index contributed by atoms with van der Waals surface area (Å²) in [5, 5.41) is 9.62. The van der Waals surface area contributed by atoms with Crippen molar-refractivity contribution in [3.63, 3.8) is 0 Å². The molecular formula is C23H21N5O. The Morgan fingerprint density at radius 2 is 1.86 bits per heavy atom. The fraction of sp³-hybridized carbons (Fsp3) is 0.217. The monoisotopic (exact) mass is 383 g/mol. The minimum absolute atomic E-state index is 0.444. The zero-order chi connectivity index (χ0) is 20.2. The third-order valence-corrected chi connectivity index (χ3v) is 5.17. The van der Waals surface area contributed by atoms with E-state index in [2.05, 4.69) is 20.9 Å². The molecule has 2 N–H and O–H groups in total. The average Bonchev–Trinajstić information content (AvgIpc) is 3.28. The van der Waals surface area contributed by atoms with Crippen LogP contribution < -0.4 is 10.6 Å². The van der Waals surface area contributed by atoms with Gasteiger partial charge in [-0.2, -0.15) is 5.26 Å². The summed E-state index contributed by atoms with van der Waals surface area (Å²) in [6.07, 6.45) is 4.62. The van der Waals surface area contributed by atoms with E-state index in [1.165, 1.54) is 12.8 Å². The Balaban J connectivity index is 1.58. The largest absolute Gasteiger partial charge is 0.370 e. The topological polar surface area (TPSA) is 95.9 Å². The molecule has 1 aliphatic rings. The van der Waals surface area contributed by atoms with Crippen LogP contribution in [0.25, 0.3) is 11.3 Å². The number of amides is 1. The number of anilines is 1. The smallest absolute Gasteiger partial charge is 0.248 e. The van der Waals surface area contributed by atoms with Crippen molar-refractivity contribution in [2.24, 2.45) is 5.73 Å². The Bertz CT molecular complexity index is 1080. The lowest BCUT2D eigenvalue weighted by Gasteiger charge is -2.19. The molecule has 29 heavy (non-hydrogen) atoms. The maximum absolute atomic E-state index is 11.2. The van der Waals surface area contributed by atoms with Crippen molar-refractivity contribution in [3.05, 3.63) is 77.2 Å². The number of nitriles is 1. The molecule has 1 amide bonds. The third-order valence-electron chi connectivity index (χ3n) is 5.17. The van der Waals surface area contributed by atoms with Gasteiger partial charge in [0.1, 0.15) is 11.9 Å². The van der Waals surface area contributed by atoms with Gasteiger partial charge in [-0.3, -0.25) is 4.79 Å². The maximum atomic E-state index is 11.2. The first-order valence-electron chi connectivity index (χ1n) is 9.64. The minimum atomic E-state index is -0.444. The van der Waals surface area contributed by atoms with Gasteiger partial charge >= 0.3 is 0 Å². The van der Waals surface area contributed by atoms with E-state index >= 15 is 0 Å². The van der Waals surface area contributed by atoms with Crippen LogP contribution in [0.5, 0.6) is 0 Å². The number of benzene rings is 2. The highest BCUT2D eigenvalue weighted by molar-refractivity contribution is 5.92. The predicted octanol–water partition coefficient (Wildman–Crippen LogP) is 3.31. The van der Waals surface area contributed by atoms with Gasteiger partial charge in [0.05, 0.1) is 16.9 Å². The van der Waals surface area contributed by atoms with E-state index in [1.54, 1.807) is 18.3 Å².